The molecule has 0 saturated carbocycles. The fraction of sp³-hybridized carbons (Fsp3) is 0.278. The standard InChI is InChI=1S/C18H19BrN2O3/c1-11-13-9-12(19)6-7-15(13)24-17(11)18(22)20-10-14(21(2)3)16-5-4-8-23-16/h4-9,14H,10H2,1-3H3,(H,20,22)/t14-/m0/s1. The first-order valence-corrected chi connectivity index (χ1v) is 8.43. The van der Waals surface area contributed by atoms with Gasteiger partial charge in [-0.3, -0.25) is 9.69 Å². The van der Waals surface area contributed by atoms with Gasteiger partial charge in [-0.15, -0.1) is 0 Å². The second-order valence-corrected chi connectivity index (χ2v) is 6.82. The lowest BCUT2D eigenvalue weighted by Gasteiger charge is -2.22. The Labute approximate surface area is 148 Å². The van der Waals surface area contributed by atoms with Gasteiger partial charge in [0.2, 0.25) is 0 Å². The highest BCUT2D eigenvalue weighted by Crippen LogP contribution is 2.28. The second kappa shape index (κ2) is 6.83. The molecule has 24 heavy (non-hydrogen) atoms. The van der Waals surface area contributed by atoms with E-state index < -0.39 is 0 Å². The molecule has 0 fully saturated rings. The SMILES string of the molecule is Cc1c(C(=O)NC[C@@H](c2ccco2)N(C)C)oc2ccc(Br)cc12. The first-order valence-electron chi connectivity index (χ1n) is 7.64. The van der Waals surface area contributed by atoms with Crippen LogP contribution in [0.15, 0.2) is 49.9 Å². The summed E-state index contributed by atoms with van der Waals surface area (Å²) in [5, 5.41) is 3.87. The van der Waals surface area contributed by atoms with Gasteiger partial charge in [-0.1, -0.05) is 15.9 Å². The Morgan fingerprint density at radius 3 is 2.79 bits per heavy atom. The molecule has 0 aliphatic carbocycles. The summed E-state index contributed by atoms with van der Waals surface area (Å²) in [4.78, 5) is 14.6. The maximum atomic E-state index is 12.6. The molecule has 0 aliphatic heterocycles. The molecule has 3 rings (SSSR count). The predicted octanol–water partition coefficient (Wildman–Crippen LogP) is 4.13. The van der Waals surface area contributed by atoms with Gasteiger partial charge < -0.3 is 14.2 Å². The fourth-order valence-electron chi connectivity index (χ4n) is 2.70. The van der Waals surface area contributed by atoms with Crippen LogP contribution >= 0.6 is 15.9 Å². The van der Waals surface area contributed by atoms with Crippen LogP contribution in [0.5, 0.6) is 0 Å². The molecule has 2 heterocycles. The number of carbonyl (C=O) groups excluding carboxylic acids is 1. The average Bonchev–Trinajstić information content (AvgIpc) is 3.16. The van der Waals surface area contributed by atoms with Gasteiger partial charge in [-0.05, 0) is 51.4 Å². The van der Waals surface area contributed by atoms with Crippen LogP contribution < -0.4 is 5.32 Å². The molecule has 1 N–H and O–H groups in total. The molecule has 0 radical (unpaired) electrons. The minimum absolute atomic E-state index is 0.0391. The number of halogens is 1. The van der Waals surface area contributed by atoms with Crippen molar-refractivity contribution in [2.45, 2.75) is 13.0 Å². The topological polar surface area (TPSA) is 58.6 Å². The first-order chi connectivity index (χ1) is 11.5. The molecule has 1 amide bonds. The van der Waals surface area contributed by atoms with Gasteiger partial charge in [0, 0.05) is 22.0 Å². The number of nitrogens with zero attached hydrogens (tertiary/aromatic N) is 1. The molecule has 3 aromatic rings. The van der Waals surface area contributed by atoms with E-state index in [4.69, 9.17) is 8.83 Å². The number of furan rings is 2. The van der Waals surface area contributed by atoms with Crippen LogP contribution in [0.2, 0.25) is 0 Å². The van der Waals surface area contributed by atoms with E-state index in [0.29, 0.717) is 17.9 Å². The van der Waals surface area contributed by atoms with E-state index in [0.717, 1.165) is 21.2 Å². The van der Waals surface area contributed by atoms with E-state index in [1.807, 2.05) is 56.3 Å². The lowest BCUT2D eigenvalue weighted by Crippen LogP contribution is -2.34. The number of rotatable bonds is 5. The van der Waals surface area contributed by atoms with Crippen molar-refractivity contribution >= 4 is 32.8 Å². The van der Waals surface area contributed by atoms with Crippen molar-refractivity contribution in [2.24, 2.45) is 0 Å². The minimum Gasteiger partial charge on any atom is -0.468 e. The molecule has 1 aromatic carbocycles. The molecule has 0 bridgehead atoms. The quantitative estimate of drug-likeness (QED) is 0.711. The zero-order valence-corrected chi connectivity index (χ0v) is 15.4. The second-order valence-electron chi connectivity index (χ2n) is 5.90. The van der Waals surface area contributed by atoms with E-state index in [9.17, 15) is 4.79 Å². The highest BCUT2D eigenvalue weighted by molar-refractivity contribution is 9.10. The third-order valence-electron chi connectivity index (χ3n) is 4.06. The zero-order valence-electron chi connectivity index (χ0n) is 13.8. The van der Waals surface area contributed by atoms with Crippen LogP contribution in [0, 0.1) is 6.92 Å². The number of carbonyl (C=O) groups is 1. The summed E-state index contributed by atoms with van der Waals surface area (Å²) in [6.07, 6.45) is 1.63. The lowest BCUT2D eigenvalue weighted by atomic mass is 10.1. The molecular weight excluding hydrogens is 372 g/mol. The Morgan fingerprint density at radius 2 is 2.12 bits per heavy atom. The Morgan fingerprint density at radius 1 is 1.33 bits per heavy atom. The van der Waals surface area contributed by atoms with Crippen molar-refractivity contribution in [2.75, 3.05) is 20.6 Å². The van der Waals surface area contributed by atoms with Gasteiger partial charge in [-0.25, -0.2) is 0 Å². The van der Waals surface area contributed by atoms with Gasteiger partial charge in [0.15, 0.2) is 5.76 Å². The summed E-state index contributed by atoms with van der Waals surface area (Å²) in [6.45, 7) is 2.32. The van der Waals surface area contributed by atoms with Crippen LogP contribution in [0.1, 0.15) is 27.9 Å². The van der Waals surface area contributed by atoms with Crippen molar-refractivity contribution in [3.05, 3.63) is 58.2 Å². The summed E-state index contributed by atoms with van der Waals surface area (Å²) in [7, 11) is 3.90. The molecule has 0 saturated heterocycles. The number of benzene rings is 1. The largest absolute Gasteiger partial charge is 0.468 e. The predicted molar refractivity (Wildman–Crippen MR) is 96.1 cm³/mol. The summed E-state index contributed by atoms with van der Waals surface area (Å²) < 4.78 is 12.1. The van der Waals surface area contributed by atoms with Crippen LogP contribution in [0.4, 0.5) is 0 Å². The Bertz CT molecular complexity index is 853. The van der Waals surface area contributed by atoms with Crippen LogP contribution in [0.3, 0.4) is 0 Å². The lowest BCUT2D eigenvalue weighted by molar-refractivity contribution is 0.0912. The number of aryl methyl sites for hydroxylation is 1. The molecule has 0 spiro atoms. The Balaban J connectivity index is 1.79. The van der Waals surface area contributed by atoms with E-state index in [-0.39, 0.29) is 11.9 Å². The summed E-state index contributed by atoms with van der Waals surface area (Å²) in [5.41, 5.74) is 1.54. The van der Waals surface area contributed by atoms with E-state index in [1.165, 1.54) is 0 Å². The van der Waals surface area contributed by atoms with E-state index in [2.05, 4.69) is 21.2 Å². The Hall–Kier alpha value is -2.05. The molecule has 0 aliphatic rings. The van der Waals surface area contributed by atoms with Crippen molar-refractivity contribution in [1.82, 2.24) is 10.2 Å². The smallest absolute Gasteiger partial charge is 0.287 e. The summed E-state index contributed by atoms with van der Waals surface area (Å²) in [5.74, 6) is 0.934. The van der Waals surface area contributed by atoms with Gasteiger partial charge in [-0.2, -0.15) is 0 Å². The third kappa shape index (κ3) is 3.25. The molecule has 6 heteroatoms. The highest BCUT2D eigenvalue weighted by Gasteiger charge is 2.21. The maximum Gasteiger partial charge on any atom is 0.287 e. The molecule has 0 unspecified atom stereocenters. The monoisotopic (exact) mass is 390 g/mol. The van der Waals surface area contributed by atoms with E-state index in [1.54, 1.807) is 6.26 Å². The fourth-order valence-corrected chi connectivity index (χ4v) is 3.06. The summed E-state index contributed by atoms with van der Waals surface area (Å²) >= 11 is 3.44. The zero-order chi connectivity index (χ0) is 17.3. The van der Waals surface area contributed by atoms with Crippen molar-refractivity contribution < 1.29 is 13.6 Å². The first kappa shape index (κ1) is 16.8. The van der Waals surface area contributed by atoms with Crippen molar-refractivity contribution in [3.8, 4) is 0 Å². The number of hydrogen-bond donors (Lipinski definition) is 1. The number of nitrogens with one attached hydrogen (secondary N) is 1. The number of hydrogen-bond acceptors (Lipinski definition) is 4. The van der Waals surface area contributed by atoms with Crippen LogP contribution in [-0.4, -0.2) is 31.4 Å². The van der Waals surface area contributed by atoms with Gasteiger partial charge in [0.25, 0.3) is 5.91 Å². The molecular formula is C18H19BrN2O3. The molecule has 126 valence electrons. The van der Waals surface area contributed by atoms with E-state index >= 15 is 0 Å². The van der Waals surface area contributed by atoms with Crippen LogP contribution in [0.25, 0.3) is 11.0 Å². The van der Waals surface area contributed by atoms with Gasteiger partial charge in [0.05, 0.1) is 12.3 Å². The molecule has 1 atom stereocenters. The third-order valence-corrected chi connectivity index (χ3v) is 4.55. The van der Waals surface area contributed by atoms with Gasteiger partial charge in [0.1, 0.15) is 11.3 Å². The average molecular weight is 391 g/mol. The van der Waals surface area contributed by atoms with Crippen molar-refractivity contribution in [1.29, 1.82) is 0 Å². The normalized spacial score (nSPS) is 12.7. The Kier molecular flexibility index (Phi) is 4.78. The van der Waals surface area contributed by atoms with Crippen molar-refractivity contribution in [3.63, 3.8) is 0 Å². The number of fused-ring (bicyclic) bond motifs is 1. The molecule has 5 nitrogen and oxygen atoms in total. The summed E-state index contributed by atoms with van der Waals surface area (Å²) in [6, 6.07) is 9.41. The minimum atomic E-state index is -0.224. The van der Waals surface area contributed by atoms with Crippen LogP contribution in [-0.2, 0) is 0 Å². The maximum absolute atomic E-state index is 12.6. The number of likely N-dealkylation sites (N-methyl/N-ethyl adjacent to an activating group) is 1. The van der Waals surface area contributed by atoms with Gasteiger partial charge >= 0.3 is 0 Å². The number of amides is 1. The highest BCUT2D eigenvalue weighted by atomic mass is 79.9. The molecule has 2 aromatic heterocycles.